The summed E-state index contributed by atoms with van der Waals surface area (Å²) >= 11 is 0. The SMILES string of the molecule is CC(=O)N1c2ccccc2C(C)CC1(C)C. The number of nitrogens with zero attached hydrogens (tertiary/aromatic N) is 1. The van der Waals surface area contributed by atoms with Crippen LogP contribution in [0.2, 0.25) is 0 Å². The van der Waals surface area contributed by atoms with Gasteiger partial charge < -0.3 is 4.90 Å². The minimum Gasteiger partial charge on any atom is -0.307 e. The first kappa shape index (κ1) is 11.2. The van der Waals surface area contributed by atoms with Crippen LogP contribution in [0.1, 0.15) is 45.6 Å². The van der Waals surface area contributed by atoms with E-state index in [0.29, 0.717) is 5.92 Å². The summed E-state index contributed by atoms with van der Waals surface area (Å²) in [6.07, 6.45) is 1.02. The molecule has 1 atom stereocenters. The number of benzene rings is 1. The molecule has 0 saturated heterocycles. The molecule has 1 heterocycles. The van der Waals surface area contributed by atoms with Crippen molar-refractivity contribution in [2.24, 2.45) is 0 Å². The van der Waals surface area contributed by atoms with Crippen LogP contribution >= 0.6 is 0 Å². The maximum absolute atomic E-state index is 11.8. The van der Waals surface area contributed by atoms with E-state index < -0.39 is 0 Å². The Bertz CT molecular complexity index is 422. The number of hydrogen-bond donors (Lipinski definition) is 0. The minimum absolute atomic E-state index is 0.0837. The maximum atomic E-state index is 11.8. The zero-order valence-corrected chi connectivity index (χ0v) is 10.4. The molecule has 0 N–H and O–H groups in total. The monoisotopic (exact) mass is 217 g/mol. The van der Waals surface area contributed by atoms with Crippen LogP contribution in [-0.2, 0) is 4.79 Å². The van der Waals surface area contributed by atoms with Gasteiger partial charge in [-0.2, -0.15) is 0 Å². The van der Waals surface area contributed by atoms with Crippen LogP contribution < -0.4 is 4.90 Å². The molecule has 86 valence electrons. The molecule has 1 aliphatic rings. The molecule has 1 unspecified atom stereocenters. The lowest BCUT2D eigenvalue weighted by atomic mass is 9.80. The Hall–Kier alpha value is -1.31. The number of amides is 1. The zero-order chi connectivity index (χ0) is 11.9. The summed E-state index contributed by atoms with van der Waals surface area (Å²) in [6.45, 7) is 8.16. The fourth-order valence-corrected chi connectivity index (χ4v) is 2.98. The molecule has 2 nitrogen and oxygen atoms in total. The standard InChI is InChI=1S/C14H19NO/c1-10-9-14(3,4)15(11(2)16)13-8-6-5-7-12(10)13/h5-8,10H,9H2,1-4H3. The molecule has 0 bridgehead atoms. The lowest BCUT2D eigenvalue weighted by Crippen LogP contribution is -2.50. The van der Waals surface area contributed by atoms with E-state index in [-0.39, 0.29) is 11.4 Å². The van der Waals surface area contributed by atoms with E-state index in [0.717, 1.165) is 12.1 Å². The number of carbonyl (C=O) groups is 1. The van der Waals surface area contributed by atoms with E-state index >= 15 is 0 Å². The van der Waals surface area contributed by atoms with Crippen molar-refractivity contribution in [3.8, 4) is 0 Å². The van der Waals surface area contributed by atoms with Crippen LogP contribution in [0.3, 0.4) is 0 Å². The molecule has 0 aliphatic carbocycles. The van der Waals surface area contributed by atoms with Crippen LogP contribution in [-0.4, -0.2) is 11.4 Å². The van der Waals surface area contributed by atoms with Crippen LogP contribution in [0.25, 0.3) is 0 Å². The van der Waals surface area contributed by atoms with E-state index in [1.165, 1.54) is 5.56 Å². The van der Waals surface area contributed by atoms with Crippen molar-refractivity contribution in [3.63, 3.8) is 0 Å². The third-order valence-corrected chi connectivity index (χ3v) is 3.43. The number of para-hydroxylation sites is 1. The number of fused-ring (bicyclic) bond motifs is 1. The number of hydrogen-bond acceptors (Lipinski definition) is 1. The van der Waals surface area contributed by atoms with Gasteiger partial charge in [-0.3, -0.25) is 4.79 Å². The second-order valence-corrected chi connectivity index (χ2v) is 5.33. The number of carbonyl (C=O) groups excluding carboxylic acids is 1. The topological polar surface area (TPSA) is 20.3 Å². The number of anilines is 1. The average Bonchev–Trinajstić information content (AvgIpc) is 2.15. The van der Waals surface area contributed by atoms with E-state index in [1.54, 1.807) is 6.92 Å². The lowest BCUT2D eigenvalue weighted by Gasteiger charge is -2.45. The third kappa shape index (κ3) is 1.62. The largest absolute Gasteiger partial charge is 0.307 e. The van der Waals surface area contributed by atoms with Crippen molar-refractivity contribution in [1.29, 1.82) is 0 Å². The molecule has 2 heteroatoms. The molecule has 1 aromatic carbocycles. The first-order chi connectivity index (χ1) is 7.43. The Morgan fingerprint density at radius 1 is 1.38 bits per heavy atom. The summed E-state index contributed by atoms with van der Waals surface area (Å²) in [7, 11) is 0. The molecule has 1 aromatic rings. The first-order valence-corrected chi connectivity index (χ1v) is 5.83. The molecule has 1 amide bonds. The predicted molar refractivity (Wildman–Crippen MR) is 66.7 cm³/mol. The molecule has 0 fully saturated rings. The normalized spacial score (nSPS) is 22.8. The fraction of sp³-hybridized carbons (Fsp3) is 0.500. The summed E-state index contributed by atoms with van der Waals surface area (Å²) in [4.78, 5) is 13.7. The summed E-state index contributed by atoms with van der Waals surface area (Å²) in [5.41, 5.74) is 2.29. The van der Waals surface area contributed by atoms with Gasteiger partial charge in [0.15, 0.2) is 0 Å². The minimum atomic E-state index is -0.0837. The highest BCUT2D eigenvalue weighted by atomic mass is 16.2. The summed E-state index contributed by atoms with van der Waals surface area (Å²) < 4.78 is 0. The van der Waals surface area contributed by atoms with Crippen molar-refractivity contribution in [3.05, 3.63) is 29.8 Å². The smallest absolute Gasteiger partial charge is 0.224 e. The Kier molecular flexibility index (Phi) is 2.53. The Balaban J connectivity index is 2.59. The summed E-state index contributed by atoms with van der Waals surface area (Å²) in [5.74, 6) is 0.645. The quantitative estimate of drug-likeness (QED) is 0.652. The molecule has 0 saturated carbocycles. The van der Waals surface area contributed by atoms with Gasteiger partial charge in [-0.15, -0.1) is 0 Å². The van der Waals surface area contributed by atoms with Gasteiger partial charge in [-0.1, -0.05) is 25.1 Å². The molecular weight excluding hydrogens is 198 g/mol. The van der Waals surface area contributed by atoms with Gasteiger partial charge in [-0.25, -0.2) is 0 Å². The predicted octanol–water partition coefficient (Wildman–Crippen LogP) is 3.33. The van der Waals surface area contributed by atoms with Gasteiger partial charge in [0.25, 0.3) is 0 Å². The van der Waals surface area contributed by atoms with E-state index in [4.69, 9.17) is 0 Å². The zero-order valence-electron chi connectivity index (χ0n) is 10.4. The van der Waals surface area contributed by atoms with Gasteiger partial charge >= 0.3 is 0 Å². The molecular formula is C14H19NO. The van der Waals surface area contributed by atoms with Gasteiger partial charge in [-0.05, 0) is 37.8 Å². The lowest BCUT2D eigenvalue weighted by molar-refractivity contribution is -0.117. The summed E-state index contributed by atoms with van der Waals surface area (Å²) in [5, 5.41) is 0. The van der Waals surface area contributed by atoms with E-state index in [9.17, 15) is 4.79 Å². The molecule has 1 aliphatic heterocycles. The van der Waals surface area contributed by atoms with Gasteiger partial charge in [0.1, 0.15) is 0 Å². The van der Waals surface area contributed by atoms with Gasteiger partial charge in [0.05, 0.1) is 0 Å². The van der Waals surface area contributed by atoms with Crippen LogP contribution in [0.4, 0.5) is 5.69 Å². The second kappa shape index (κ2) is 3.62. The highest BCUT2D eigenvalue weighted by Crippen LogP contribution is 2.42. The Labute approximate surface area is 97.3 Å². The number of rotatable bonds is 0. The van der Waals surface area contributed by atoms with E-state index in [1.807, 2.05) is 23.1 Å². The van der Waals surface area contributed by atoms with Crippen molar-refractivity contribution >= 4 is 11.6 Å². The van der Waals surface area contributed by atoms with Crippen LogP contribution in [0, 0.1) is 0 Å². The fourth-order valence-electron chi connectivity index (χ4n) is 2.98. The molecule has 0 spiro atoms. The van der Waals surface area contributed by atoms with Crippen LogP contribution in [0.15, 0.2) is 24.3 Å². The van der Waals surface area contributed by atoms with Gasteiger partial charge in [0.2, 0.25) is 5.91 Å². The Morgan fingerprint density at radius 2 is 2.00 bits per heavy atom. The first-order valence-electron chi connectivity index (χ1n) is 5.83. The van der Waals surface area contributed by atoms with Gasteiger partial charge in [0, 0.05) is 18.2 Å². The van der Waals surface area contributed by atoms with Crippen LogP contribution in [0.5, 0.6) is 0 Å². The third-order valence-electron chi connectivity index (χ3n) is 3.43. The highest BCUT2D eigenvalue weighted by Gasteiger charge is 2.38. The average molecular weight is 217 g/mol. The molecule has 0 aromatic heterocycles. The second-order valence-electron chi connectivity index (χ2n) is 5.33. The van der Waals surface area contributed by atoms with Crippen molar-refractivity contribution in [1.82, 2.24) is 0 Å². The Morgan fingerprint density at radius 3 is 2.62 bits per heavy atom. The van der Waals surface area contributed by atoms with Crippen molar-refractivity contribution in [2.75, 3.05) is 4.90 Å². The van der Waals surface area contributed by atoms with Crippen molar-refractivity contribution < 1.29 is 4.79 Å². The van der Waals surface area contributed by atoms with E-state index in [2.05, 4.69) is 26.8 Å². The van der Waals surface area contributed by atoms with Crippen molar-refractivity contribution in [2.45, 2.75) is 45.6 Å². The molecule has 0 radical (unpaired) electrons. The molecule has 2 rings (SSSR count). The highest BCUT2D eigenvalue weighted by molar-refractivity contribution is 5.94. The summed E-state index contributed by atoms with van der Waals surface area (Å²) in [6, 6.07) is 8.23. The maximum Gasteiger partial charge on any atom is 0.224 e. The molecule has 16 heavy (non-hydrogen) atoms.